The number of nitrogens with one attached hydrogen (secondary N) is 1. The van der Waals surface area contributed by atoms with Gasteiger partial charge in [0, 0.05) is 19.3 Å². The van der Waals surface area contributed by atoms with Crippen LogP contribution in [-0.2, 0) is 13.2 Å². The number of nitrogens with zero attached hydrogens (tertiary/aromatic N) is 2. The summed E-state index contributed by atoms with van der Waals surface area (Å²) in [7, 11) is 1.77. The normalized spacial score (nSPS) is 13.3. The lowest BCUT2D eigenvalue weighted by Crippen LogP contribution is -2.15. The molecular weight excluding hydrogens is 267 g/mol. The van der Waals surface area contributed by atoms with Gasteiger partial charge in [0.15, 0.2) is 0 Å². The quantitative estimate of drug-likeness (QED) is 0.925. The Balaban J connectivity index is 2.30. The number of hydrogen-bond acceptors (Lipinski definition) is 2. The fraction of sp³-hybridized carbons (Fsp3) is 0.357. The van der Waals surface area contributed by atoms with Crippen molar-refractivity contribution >= 4 is 5.69 Å². The SMILES string of the molecule is Cc1nn(C)cc1NC(C)c1ccccc1C(F)(F)F. The first kappa shape index (κ1) is 14.4. The smallest absolute Gasteiger partial charge is 0.376 e. The Morgan fingerprint density at radius 3 is 2.45 bits per heavy atom. The van der Waals surface area contributed by atoms with Crippen molar-refractivity contribution in [1.29, 1.82) is 0 Å². The summed E-state index contributed by atoms with van der Waals surface area (Å²) in [6.45, 7) is 3.52. The molecule has 2 aromatic rings. The number of alkyl halides is 3. The Morgan fingerprint density at radius 1 is 1.25 bits per heavy atom. The molecule has 1 unspecified atom stereocenters. The van der Waals surface area contributed by atoms with Crippen molar-refractivity contribution in [2.24, 2.45) is 7.05 Å². The van der Waals surface area contributed by atoms with E-state index in [0.29, 0.717) is 0 Å². The third-order valence-corrected chi connectivity index (χ3v) is 3.12. The number of halogens is 3. The van der Waals surface area contributed by atoms with Crippen LogP contribution in [0.25, 0.3) is 0 Å². The molecule has 6 heteroatoms. The van der Waals surface area contributed by atoms with Crippen LogP contribution in [0.3, 0.4) is 0 Å². The zero-order chi connectivity index (χ0) is 14.9. The Labute approximate surface area is 115 Å². The minimum atomic E-state index is -4.35. The van der Waals surface area contributed by atoms with Gasteiger partial charge in [-0.2, -0.15) is 18.3 Å². The van der Waals surface area contributed by atoms with E-state index in [2.05, 4.69) is 10.4 Å². The molecule has 3 nitrogen and oxygen atoms in total. The van der Waals surface area contributed by atoms with Gasteiger partial charge in [-0.3, -0.25) is 4.68 Å². The molecule has 1 aromatic heterocycles. The van der Waals surface area contributed by atoms with Gasteiger partial charge in [0.05, 0.1) is 16.9 Å². The van der Waals surface area contributed by atoms with Crippen LogP contribution in [0.5, 0.6) is 0 Å². The summed E-state index contributed by atoms with van der Waals surface area (Å²) >= 11 is 0. The van der Waals surface area contributed by atoms with E-state index in [-0.39, 0.29) is 5.56 Å². The monoisotopic (exact) mass is 283 g/mol. The van der Waals surface area contributed by atoms with Crippen molar-refractivity contribution in [3.63, 3.8) is 0 Å². The highest BCUT2D eigenvalue weighted by Gasteiger charge is 2.34. The number of benzene rings is 1. The highest BCUT2D eigenvalue weighted by atomic mass is 19.4. The van der Waals surface area contributed by atoms with Gasteiger partial charge in [-0.25, -0.2) is 0 Å². The van der Waals surface area contributed by atoms with Gasteiger partial charge in [-0.05, 0) is 25.5 Å². The largest absolute Gasteiger partial charge is 0.416 e. The molecule has 20 heavy (non-hydrogen) atoms. The van der Waals surface area contributed by atoms with Crippen LogP contribution >= 0.6 is 0 Å². The number of aryl methyl sites for hydroxylation is 2. The van der Waals surface area contributed by atoms with Gasteiger partial charge >= 0.3 is 6.18 Å². The third-order valence-electron chi connectivity index (χ3n) is 3.12. The third kappa shape index (κ3) is 2.95. The van der Waals surface area contributed by atoms with Gasteiger partial charge in [0.25, 0.3) is 0 Å². The molecule has 0 amide bonds. The predicted octanol–water partition coefficient (Wildman–Crippen LogP) is 3.92. The van der Waals surface area contributed by atoms with Gasteiger partial charge in [0.1, 0.15) is 0 Å². The molecule has 0 fully saturated rings. The van der Waals surface area contributed by atoms with E-state index in [4.69, 9.17) is 0 Å². The highest BCUT2D eigenvalue weighted by molar-refractivity contribution is 5.48. The number of anilines is 1. The zero-order valence-electron chi connectivity index (χ0n) is 11.5. The average molecular weight is 283 g/mol. The number of hydrogen-bond donors (Lipinski definition) is 1. The van der Waals surface area contributed by atoms with E-state index >= 15 is 0 Å². The maximum absolute atomic E-state index is 13.0. The Hall–Kier alpha value is -1.98. The molecule has 0 spiro atoms. The summed E-state index contributed by atoms with van der Waals surface area (Å²) in [5.41, 5.74) is 1.10. The molecule has 1 atom stereocenters. The van der Waals surface area contributed by atoms with Crippen molar-refractivity contribution in [1.82, 2.24) is 9.78 Å². The molecular formula is C14H16F3N3. The maximum Gasteiger partial charge on any atom is 0.416 e. The van der Waals surface area contributed by atoms with Crippen LogP contribution in [0, 0.1) is 6.92 Å². The lowest BCUT2D eigenvalue weighted by Gasteiger charge is -2.20. The standard InChI is InChI=1S/C14H16F3N3/c1-9(18-13-8-20(3)19-10(13)2)11-6-4-5-7-12(11)14(15,16)17/h4-9,18H,1-3H3. The molecule has 0 radical (unpaired) electrons. The van der Waals surface area contributed by atoms with Gasteiger partial charge in [-0.15, -0.1) is 0 Å². The van der Waals surface area contributed by atoms with Crippen LogP contribution < -0.4 is 5.32 Å². The van der Waals surface area contributed by atoms with E-state index < -0.39 is 17.8 Å². The minimum absolute atomic E-state index is 0.225. The zero-order valence-corrected chi connectivity index (χ0v) is 11.5. The fourth-order valence-electron chi connectivity index (χ4n) is 2.19. The van der Waals surface area contributed by atoms with Gasteiger partial charge in [-0.1, -0.05) is 18.2 Å². The molecule has 0 aliphatic rings. The highest BCUT2D eigenvalue weighted by Crippen LogP contribution is 2.35. The Bertz CT molecular complexity index is 602. The van der Waals surface area contributed by atoms with E-state index in [1.807, 2.05) is 6.92 Å². The Kier molecular flexibility index (Phi) is 3.74. The topological polar surface area (TPSA) is 29.9 Å². The van der Waals surface area contributed by atoms with Crippen molar-refractivity contribution in [2.45, 2.75) is 26.1 Å². The summed E-state index contributed by atoms with van der Waals surface area (Å²) in [6.07, 6.45) is -2.60. The first-order valence-corrected chi connectivity index (χ1v) is 6.22. The number of rotatable bonds is 3. The molecule has 0 aliphatic heterocycles. The second-order valence-electron chi connectivity index (χ2n) is 4.75. The van der Waals surface area contributed by atoms with Crippen LogP contribution in [0.1, 0.15) is 29.8 Å². The molecule has 108 valence electrons. The summed E-state index contributed by atoms with van der Waals surface area (Å²) < 4.78 is 40.6. The average Bonchev–Trinajstić information content (AvgIpc) is 2.66. The second kappa shape index (κ2) is 5.19. The van der Waals surface area contributed by atoms with E-state index in [9.17, 15) is 13.2 Å². The van der Waals surface area contributed by atoms with Crippen LogP contribution in [0.15, 0.2) is 30.5 Å². The molecule has 1 heterocycles. The molecule has 0 saturated carbocycles. The molecule has 0 bridgehead atoms. The maximum atomic E-state index is 13.0. The molecule has 0 aliphatic carbocycles. The lowest BCUT2D eigenvalue weighted by molar-refractivity contribution is -0.138. The predicted molar refractivity (Wildman–Crippen MR) is 71.4 cm³/mol. The number of aromatic nitrogens is 2. The summed E-state index contributed by atoms with van der Waals surface area (Å²) in [5.74, 6) is 0. The molecule has 1 N–H and O–H groups in total. The first-order valence-electron chi connectivity index (χ1n) is 6.22. The van der Waals surface area contributed by atoms with Crippen molar-refractivity contribution in [2.75, 3.05) is 5.32 Å². The summed E-state index contributed by atoms with van der Waals surface area (Å²) in [5, 5.41) is 7.24. The van der Waals surface area contributed by atoms with E-state index in [1.165, 1.54) is 12.1 Å². The van der Waals surface area contributed by atoms with E-state index in [0.717, 1.165) is 17.4 Å². The summed E-state index contributed by atoms with van der Waals surface area (Å²) in [4.78, 5) is 0. The van der Waals surface area contributed by atoms with Crippen molar-refractivity contribution < 1.29 is 13.2 Å². The van der Waals surface area contributed by atoms with Crippen LogP contribution in [0.2, 0.25) is 0 Å². The van der Waals surface area contributed by atoms with Gasteiger partial charge in [0.2, 0.25) is 0 Å². The first-order chi connectivity index (χ1) is 9.29. The van der Waals surface area contributed by atoms with Crippen LogP contribution in [-0.4, -0.2) is 9.78 Å². The fourth-order valence-corrected chi connectivity index (χ4v) is 2.19. The molecule has 0 saturated heterocycles. The van der Waals surface area contributed by atoms with Crippen molar-refractivity contribution in [3.05, 3.63) is 47.3 Å². The molecule has 2 rings (SSSR count). The molecule has 1 aromatic carbocycles. The van der Waals surface area contributed by atoms with Crippen molar-refractivity contribution in [3.8, 4) is 0 Å². The van der Waals surface area contributed by atoms with Crippen LogP contribution in [0.4, 0.5) is 18.9 Å². The summed E-state index contributed by atoms with van der Waals surface area (Å²) in [6, 6.07) is 5.14. The van der Waals surface area contributed by atoms with E-state index in [1.54, 1.807) is 30.9 Å². The van der Waals surface area contributed by atoms with Gasteiger partial charge < -0.3 is 5.32 Å². The lowest BCUT2D eigenvalue weighted by atomic mass is 10.0. The Morgan fingerprint density at radius 2 is 1.90 bits per heavy atom. The second-order valence-corrected chi connectivity index (χ2v) is 4.75. The minimum Gasteiger partial charge on any atom is -0.376 e.